The lowest BCUT2D eigenvalue weighted by atomic mass is 9.81. The Hall–Kier alpha value is -5.59. The fraction of sp³-hybridized carbons (Fsp3) is 0.583. The molecular formula is C48H62F2N6O10S. The number of carboxylic acid groups (broad SMARTS) is 1. The molecule has 0 unspecified atom stereocenters. The van der Waals surface area contributed by atoms with Crippen molar-refractivity contribution in [3.63, 3.8) is 0 Å². The van der Waals surface area contributed by atoms with Gasteiger partial charge in [-0.2, -0.15) is 0 Å². The van der Waals surface area contributed by atoms with E-state index in [1.165, 1.54) is 12.0 Å². The number of allylic oxidation sites excluding steroid dienone is 1. The predicted octanol–water partition coefficient (Wildman–Crippen LogP) is 7.11. The molecule has 2 aliphatic carbocycles. The zero-order valence-corrected chi connectivity index (χ0v) is 40.1. The van der Waals surface area contributed by atoms with Gasteiger partial charge in [-0.15, -0.1) is 0 Å². The lowest BCUT2D eigenvalue weighted by molar-refractivity contribution is -0.157. The third-order valence-corrected chi connectivity index (χ3v) is 15.6. The molecule has 7 atom stereocenters. The molecule has 2 saturated carbocycles. The van der Waals surface area contributed by atoms with Gasteiger partial charge in [0.05, 0.1) is 42.6 Å². The molecule has 2 aromatic heterocycles. The number of aromatic nitrogens is 2. The van der Waals surface area contributed by atoms with Gasteiger partial charge in [0.15, 0.2) is 0 Å². The average Bonchev–Trinajstić information content (AvgIpc) is 4.19. The number of fused-ring (bicyclic) bond motifs is 3. The first-order chi connectivity index (χ1) is 31.5. The minimum absolute atomic E-state index is 0.0787. The maximum absolute atomic E-state index is 15.6. The van der Waals surface area contributed by atoms with Crippen LogP contribution >= 0.6 is 0 Å². The Morgan fingerprint density at radius 3 is 2.39 bits per heavy atom. The first kappa shape index (κ1) is 49.3. The summed E-state index contributed by atoms with van der Waals surface area (Å²) in [4.78, 5) is 69.0. The second-order valence-electron chi connectivity index (χ2n) is 19.4. The molecule has 3 aromatic rings. The van der Waals surface area contributed by atoms with Crippen LogP contribution in [0.25, 0.3) is 22.2 Å². The number of hydrogen-bond donors (Lipinski definition) is 3. The minimum Gasteiger partial charge on any atom is -0.497 e. The van der Waals surface area contributed by atoms with Crippen LogP contribution in [-0.2, 0) is 24.4 Å². The highest BCUT2D eigenvalue weighted by Gasteiger charge is 2.63. The van der Waals surface area contributed by atoms with Gasteiger partial charge < -0.3 is 29.5 Å². The number of halogens is 2. The van der Waals surface area contributed by atoms with Crippen molar-refractivity contribution < 1.29 is 55.7 Å². The molecule has 3 fully saturated rings. The molecule has 19 heteroatoms. The zero-order valence-electron chi connectivity index (χ0n) is 39.3. The number of alkyl halides is 2. The number of pyridine rings is 2. The average molecular weight is 953 g/mol. The number of nitrogens with zero attached hydrogens (tertiary/aromatic N) is 4. The van der Waals surface area contributed by atoms with Crippen LogP contribution in [0.2, 0.25) is 0 Å². The number of sulfonamides is 1. The molecule has 0 bridgehead atoms. The molecule has 4 amide bonds. The number of carbonyl (C=O) groups excluding carboxylic acids is 3. The normalized spacial score (nSPS) is 26.6. The first-order valence-corrected chi connectivity index (χ1v) is 24.6. The largest absolute Gasteiger partial charge is 0.497 e. The van der Waals surface area contributed by atoms with Crippen LogP contribution in [0.4, 0.5) is 13.6 Å². The second kappa shape index (κ2) is 18.8. The van der Waals surface area contributed by atoms with Gasteiger partial charge in [-0.1, -0.05) is 32.4 Å². The molecule has 3 N–H and O–H groups in total. The van der Waals surface area contributed by atoms with Crippen LogP contribution in [0, 0.1) is 17.8 Å². The summed E-state index contributed by atoms with van der Waals surface area (Å²) >= 11 is 0. The van der Waals surface area contributed by atoms with E-state index in [-0.39, 0.29) is 43.7 Å². The molecule has 364 valence electrons. The number of benzene rings is 1. The Morgan fingerprint density at radius 2 is 1.78 bits per heavy atom. The van der Waals surface area contributed by atoms with Crippen molar-refractivity contribution in [3.8, 4) is 28.8 Å². The smallest absolute Gasteiger partial charge is 0.408 e. The van der Waals surface area contributed by atoms with Gasteiger partial charge in [-0.3, -0.25) is 29.0 Å². The van der Waals surface area contributed by atoms with E-state index >= 15 is 13.6 Å². The number of ether oxygens (including phenoxy) is 3. The van der Waals surface area contributed by atoms with Crippen molar-refractivity contribution in [3.05, 3.63) is 54.7 Å². The van der Waals surface area contributed by atoms with E-state index in [9.17, 15) is 27.9 Å². The van der Waals surface area contributed by atoms with Crippen molar-refractivity contribution >= 4 is 44.6 Å². The van der Waals surface area contributed by atoms with Gasteiger partial charge in [-0.25, -0.2) is 27.0 Å². The van der Waals surface area contributed by atoms with Crippen molar-refractivity contribution in [2.75, 3.05) is 13.7 Å². The molecule has 0 radical (unpaired) electrons. The fourth-order valence-corrected chi connectivity index (χ4v) is 10.7. The second-order valence-corrected chi connectivity index (χ2v) is 21.4. The van der Waals surface area contributed by atoms with Gasteiger partial charge in [0.2, 0.25) is 27.7 Å². The minimum atomic E-state index is -4.03. The Labute approximate surface area is 390 Å². The Morgan fingerprint density at radius 1 is 1.06 bits per heavy atom. The number of rotatable bonds is 13. The molecular weight excluding hydrogens is 891 g/mol. The standard InChI is InChI=1S/C48H62F2N6O10S/c1-9-29-20-28(4)12-10-11-13-31-24-48(31,44(59)54-67(62,63)35-16-17-35)53-41(57)39-23-34(26-55(39)43(58)40(29)56(45(60)61)46(5,6)47(7,49)50)66-42-36-18-14-32(64-8)21-30(36)22-38(52-42)37-19-15-33(25-51-37)65-27(2)3/h11,13-15,18-19,21-22,25,27-29,31,34-35,39-40H,9-10,12,16-17,20,23-24,26H2,1-8H3,(H,53,57)(H,54,59)(H,60,61)/b13-11-/t28-,29-,31-,34-,39+,40+,48-/m1/s1. The van der Waals surface area contributed by atoms with E-state index in [2.05, 4.69) is 15.0 Å². The number of carbonyl (C=O) groups is 4. The monoisotopic (exact) mass is 952 g/mol. The van der Waals surface area contributed by atoms with Crippen molar-refractivity contribution in [1.29, 1.82) is 0 Å². The molecule has 1 saturated heterocycles. The summed E-state index contributed by atoms with van der Waals surface area (Å²) in [6.45, 7) is 9.96. The van der Waals surface area contributed by atoms with Gasteiger partial charge in [0.25, 0.3) is 11.8 Å². The highest BCUT2D eigenvalue weighted by Crippen LogP contribution is 2.47. The van der Waals surface area contributed by atoms with Gasteiger partial charge in [0.1, 0.15) is 40.8 Å². The summed E-state index contributed by atoms with van der Waals surface area (Å²) in [6, 6.07) is 7.46. The summed E-state index contributed by atoms with van der Waals surface area (Å²) < 4.78 is 77.6. The molecule has 4 heterocycles. The summed E-state index contributed by atoms with van der Waals surface area (Å²) in [5.41, 5.74) is -3.20. The molecule has 2 aliphatic heterocycles. The number of amides is 4. The molecule has 16 nitrogen and oxygen atoms in total. The van der Waals surface area contributed by atoms with Crippen LogP contribution in [0.5, 0.6) is 17.4 Å². The topological polar surface area (TPSA) is 207 Å². The van der Waals surface area contributed by atoms with E-state index in [4.69, 9.17) is 19.2 Å². The molecule has 0 spiro atoms. The maximum atomic E-state index is 15.6. The Balaban J connectivity index is 1.32. The van der Waals surface area contributed by atoms with Crippen LogP contribution in [0.15, 0.2) is 54.7 Å². The Kier molecular flexibility index (Phi) is 13.9. The molecule has 67 heavy (non-hydrogen) atoms. The third kappa shape index (κ3) is 10.3. The van der Waals surface area contributed by atoms with E-state index in [1.807, 2.05) is 32.9 Å². The van der Waals surface area contributed by atoms with Crippen LogP contribution < -0.4 is 24.2 Å². The maximum Gasteiger partial charge on any atom is 0.408 e. The van der Waals surface area contributed by atoms with Gasteiger partial charge in [0, 0.05) is 24.6 Å². The van der Waals surface area contributed by atoms with E-state index in [1.54, 1.807) is 49.5 Å². The molecule has 7 rings (SSSR count). The Bertz CT molecular complexity index is 2510. The van der Waals surface area contributed by atoms with Gasteiger partial charge in [-0.05, 0) is 120 Å². The van der Waals surface area contributed by atoms with Crippen molar-refractivity contribution in [2.45, 2.75) is 146 Å². The highest BCUT2D eigenvalue weighted by molar-refractivity contribution is 7.91. The van der Waals surface area contributed by atoms with Crippen LogP contribution in [-0.4, -0.2) is 117 Å². The summed E-state index contributed by atoms with van der Waals surface area (Å²) in [5.74, 6) is -6.48. The zero-order chi connectivity index (χ0) is 48.8. The quantitative estimate of drug-likeness (QED) is 0.147. The summed E-state index contributed by atoms with van der Waals surface area (Å²) in [7, 11) is -2.50. The van der Waals surface area contributed by atoms with Crippen molar-refractivity contribution in [1.82, 2.24) is 29.8 Å². The lowest BCUT2D eigenvalue weighted by Crippen LogP contribution is -2.67. The lowest BCUT2D eigenvalue weighted by Gasteiger charge is -2.47. The van der Waals surface area contributed by atoms with Gasteiger partial charge >= 0.3 is 6.09 Å². The summed E-state index contributed by atoms with van der Waals surface area (Å²) in [6.07, 6.45) is 4.71. The van der Waals surface area contributed by atoms with E-state index in [0.717, 1.165) is 13.8 Å². The van der Waals surface area contributed by atoms with Crippen molar-refractivity contribution in [2.24, 2.45) is 17.8 Å². The highest BCUT2D eigenvalue weighted by atomic mass is 32.2. The van der Waals surface area contributed by atoms with E-state index < -0.39 is 86.1 Å². The number of nitrogens with one attached hydrogen (secondary N) is 2. The first-order valence-electron chi connectivity index (χ1n) is 23.0. The fourth-order valence-electron chi connectivity index (χ4n) is 9.33. The number of methoxy groups -OCH3 is 1. The van der Waals surface area contributed by atoms with Crippen LogP contribution in [0.3, 0.4) is 0 Å². The van der Waals surface area contributed by atoms with E-state index in [0.29, 0.717) is 77.6 Å². The third-order valence-electron chi connectivity index (χ3n) is 13.7. The van der Waals surface area contributed by atoms with Crippen LogP contribution in [0.1, 0.15) is 99.8 Å². The summed E-state index contributed by atoms with van der Waals surface area (Å²) in [5, 5.41) is 14.1. The predicted molar refractivity (Wildman–Crippen MR) is 245 cm³/mol. The molecule has 1 aromatic carbocycles. The SMILES string of the molecule is CC[C@@H]1C[C@H](C)CC/C=C\[C@@H]2C[C@@]2(C(=O)NS(=O)(=O)C2CC2)NC(=O)[C@@H]2C[C@@H](Oc3nc(-c4ccc(OC(C)C)cn4)cc4cc(OC)ccc34)CN2C(=O)[C@H]1N(C(=O)O)C(C)(C)C(C)(F)F. The molecule has 4 aliphatic rings. The number of hydrogen-bond acceptors (Lipinski definition) is 11.